The van der Waals surface area contributed by atoms with Crippen LogP contribution in [0, 0.1) is 0 Å². The molecule has 0 aliphatic rings. The fraction of sp³-hybridized carbons (Fsp3) is 0.364. The highest BCUT2D eigenvalue weighted by molar-refractivity contribution is 5.73. The van der Waals surface area contributed by atoms with E-state index in [2.05, 4.69) is 5.32 Å². The SMILES string of the molecule is CC(=O)NC(c1ccc(N)cc1)N(C)C. The molecule has 0 aliphatic heterocycles. The van der Waals surface area contributed by atoms with Gasteiger partial charge in [0.05, 0.1) is 0 Å². The quantitative estimate of drug-likeness (QED) is 0.573. The topological polar surface area (TPSA) is 58.4 Å². The smallest absolute Gasteiger partial charge is 0.218 e. The van der Waals surface area contributed by atoms with E-state index in [1.165, 1.54) is 6.92 Å². The molecule has 3 N–H and O–H groups in total. The Kier molecular flexibility index (Phi) is 3.68. The number of hydrogen-bond donors (Lipinski definition) is 2. The van der Waals surface area contributed by atoms with E-state index in [4.69, 9.17) is 5.73 Å². The molecule has 0 saturated carbocycles. The Balaban J connectivity index is 2.88. The molecule has 0 aromatic heterocycles. The van der Waals surface area contributed by atoms with Crippen molar-refractivity contribution in [3.05, 3.63) is 29.8 Å². The Bertz CT molecular complexity index is 332. The molecule has 0 radical (unpaired) electrons. The molecule has 1 atom stereocenters. The number of carbonyl (C=O) groups excluding carboxylic acids is 1. The highest BCUT2D eigenvalue weighted by atomic mass is 16.1. The molecule has 1 amide bonds. The fourth-order valence-electron chi connectivity index (χ4n) is 1.38. The fourth-order valence-corrected chi connectivity index (χ4v) is 1.38. The number of nitrogens with one attached hydrogen (secondary N) is 1. The molecule has 1 aromatic carbocycles. The summed E-state index contributed by atoms with van der Waals surface area (Å²) < 4.78 is 0. The van der Waals surface area contributed by atoms with E-state index in [0.717, 1.165) is 11.3 Å². The normalized spacial score (nSPS) is 12.5. The van der Waals surface area contributed by atoms with E-state index in [1.807, 2.05) is 43.3 Å². The Morgan fingerprint density at radius 3 is 2.27 bits per heavy atom. The lowest BCUT2D eigenvalue weighted by Gasteiger charge is -2.25. The van der Waals surface area contributed by atoms with Gasteiger partial charge >= 0.3 is 0 Å². The molecule has 4 heteroatoms. The van der Waals surface area contributed by atoms with Crippen LogP contribution in [0.4, 0.5) is 5.69 Å². The van der Waals surface area contributed by atoms with Gasteiger partial charge in [0.25, 0.3) is 0 Å². The average Bonchev–Trinajstić information content (AvgIpc) is 2.15. The first-order chi connectivity index (χ1) is 7.00. The van der Waals surface area contributed by atoms with Gasteiger partial charge in [0.2, 0.25) is 5.91 Å². The molecule has 0 heterocycles. The maximum Gasteiger partial charge on any atom is 0.218 e. The van der Waals surface area contributed by atoms with Crippen LogP contribution in [0.3, 0.4) is 0 Å². The Morgan fingerprint density at radius 2 is 1.87 bits per heavy atom. The first-order valence-corrected chi connectivity index (χ1v) is 4.79. The van der Waals surface area contributed by atoms with Crippen molar-refractivity contribution in [1.82, 2.24) is 10.2 Å². The predicted molar refractivity (Wildman–Crippen MR) is 61.1 cm³/mol. The number of benzene rings is 1. The van der Waals surface area contributed by atoms with Gasteiger partial charge < -0.3 is 11.1 Å². The number of hydrogen-bond acceptors (Lipinski definition) is 3. The molecule has 4 nitrogen and oxygen atoms in total. The zero-order valence-electron chi connectivity index (χ0n) is 9.32. The monoisotopic (exact) mass is 207 g/mol. The molecule has 0 bridgehead atoms. The summed E-state index contributed by atoms with van der Waals surface area (Å²) in [5.74, 6) is -0.0504. The average molecular weight is 207 g/mol. The molecule has 1 unspecified atom stereocenters. The number of amides is 1. The van der Waals surface area contributed by atoms with Crippen LogP contribution in [-0.2, 0) is 4.79 Å². The van der Waals surface area contributed by atoms with E-state index in [0.29, 0.717) is 0 Å². The Hall–Kier alpha value is -1.55. The minimum atomic E-state index is -0.108. The third-order valence-corrected chi connectivity index (χ3v) is 2.11. The summed E-state index contributed by atoms with van der Waals surface area (Å²) in [7, 11) is 3.83. The molecule has 15 heavy (non-hydrogen) atoms. The number of rotatable bonds is 3. The molecular formula is C11H17N3O. The number of nitrogen functional groups attached to an aromatic ring is 1. The predicted octanol–water partition coefficient (Wildman–Crippen LogP) is 0.965. The Labute approximate surface area is 90.1 Å². The van der Waals surface area contributed by atoms with Crippen molar-refractivity contribution in [3.63, 3.8) is 0 Å². The highest BCUT2D eigenvalue weighted by Crippen LogP contribution is 2.16. The minimum absolute atomic E-state index is 0.0504. The lowest BCUT2D eigenvalue weighted by molar-refractivity contribution is -0.120. The number of anilines is 1. The number of carbonyl (C=O) groups is 1. The van der Waals surface area contributed by atoms with Gasteiger partial charge in [0, 0.05) is 12.6 Å². The first kappa shape index (κ1) is 11.5. The maximum atomic E-state index is 11.0. The van der Waals surface area contributed by atoms with Gasteiger partial charge in [-0.25, -0.2) is 0 Å². The molecule has 82 valence electrons. The van der Waals surface area contributed by atoms with Crippen molar-refractivity contribution >= 4 is 11.6 Å². The summed E-state index contributed by atoms with van der Waals surface area (Å²) in [4.78, 5) is 13.0. The molecule has 0 spiro atoms. The van der Waals surface area contributed by atoms with Crippen LogP contribution < -0.4 is 11.1 Å². The second kappa shape index (κ2) is 4.79. The summed E-state index contributed by atoms with van der Waals surface area (Å²) in [5.41, 5.74) is 7.34. The lowest BCUT2D eigenvalue weighted by Crippen LogP contribution is -2.36. The van der Waals surface area contributed by atoms with Gasteiger partial charge in [-0.1, -0.05) is 12.1 Å². The van der Waals surface area contributed by atoms with Gasteiger partial charge in [-0.2, -0.15) is 0 Å². The number of nitrogens with zero attached hydrogens (tertiary/aromatic N) is 1. The third-order valence-electron chi connectivity index (χ3n) is 2.11. The largest absolute Gasteiger partial charge is 0.399 e. The van der Waals surface area contributed by atoms with E-state index in [-0.39, 0.29) is 12.1 Å². The second-order valence-electron chi connectivity index (χ2n) is 3.73. The standard InChI is InChI=1S/C11H17N3O/c1-8(15)13-11(14(2)3)9-4-6-10(12)7-5-9/h4-7,11H,12H2,1-3H3,(H,13,15). The van der Waals surface area contributed by atoms with Crippen molar-refractivity contribution in [1.29, 1.82) is 0 Å². The summed E-state index contributed by atoms with van der Waals surface area (Å²) in [6.07, 6.45) is -0.108. The molecule has 1 rings (SSSR count). The van der Waals surface area contributed by atoms with Crippen LogP contribution in [0.1, 0.15) is 18.7 Å². The maximum absolute atomic E-state index is 11.0. The summed E-state index contributed by atoms with van der Waals surface area (Å²) in [6, 6.07) is 7.48. The van der Waals surface area contributed by atoms with Crippen LogP contribution >= 0.6 is 0 Å². The van der Waals surface area contributed by atoms with Crippen LogP contribution in [0.2, 0.25) is 0 Å². The van der Waals surface area contributed by atoms with Gasteiger partial charge in [-0.05, 0) is 31.8 Å². The number of nitrogens with two attached hydrogens (primary N) is 1. The van der Waals surface area contributed by atoms with Crippen LogP contribution in [-0.4, -0.2) is 24.9 Å². The molecular weight excluding hydrogens is 190 g/mol. The highest BCUT2D eigenvalue weighted by Gasteiger charge is 2.14. The summed E-state index contributed by atoms with van der Waals surface area (Å²) >= 11 is 0. The van der Waals surface area contributed by atoms with E-state index >= 15 is 0 Å². The van der Waals surface area contributed by atoms with E-state index in [1.54, 1.807) is 0 Å². The van der Waals surface area contributed by atoms with E-state index < -0.39 is 0 Å². The molecule has 0 aliphatic carbocycles. The second-order valence-corrected chi connectivity index (χ2v) is 3.73. The van der Waals surface area contributed by atoms with Crippen molar-refractivity contribution in [2.24, 2.45) is 0 Å². The summed E-state index contributed by atoms with van der Waals surface area (Å²) in [5, 5.41) is 2.86. The van der Waals surface area contributed by atoms with Crippen molar-refractivity contribution in [2.45, 2.75) is 13.1 Å². The first-order valence-electron chi connectivity index (χ1n) is 4.79. The van der Waals surface area contributed by atoms with Crippen LogP contribution in [0.15, 0.2) is 24.3 Å². The van der Waals surface area contributed by atoms with Crippen LogP contribution in [0.25, 0.3) is 0 Å². The van der Waals surface area contributed by atoms with E-state index in [9.17, 15) is 4.79 Å². The van der Waals surface area contributed by atoms with Crippen molar-refractivity contribution in [2.75, 3.05) is 19.8 Å². The third kappa shape index (κ3) is 3.25. The van der Waals surface area contributed by atoms with Gasteiger partial charge in [0.1, 0.15) is 6.17 Å². The van der Waals surface area contributed by atoms with Gasteiger partial charge in [-0.15, -0.1) is 0 Å². The zero-order valence-corrected chi connectivity index (χ0v) is 9.32. The van der Waals surface area contributed by atoms with Crippen molar-refractivity contribution in [3.8, 4) is 0 Å². The Morgan fingerprint density at radius 1 is 1.33 bits per heavy atom. The van der Waals surface area contributed by atoms with Gasteiger partial charge in [0.15, 0.2) is 0 Å². The lowest BCUT2D eigenvalue weighted by atomic mass is 10.1. The van der Waals surface area contributed by atoms with Crippen molar-refractivity contribution < 1.29 is 4.79 Å². The minimum Gasteiger partial charge on any atom is -0.399 e. The van der Waals surface area contributed by atoms with Crippen LogP contribution in [0.5, 0.6) is 0 Å². The zero-order chi connectivity index (χ0) is 11.4. The molecule has 1 aromatic rings. The summed E-state index contributed by atoms with van der Waals surface area (Å²) in [6.45, 7) is 1.51. The molecule has 0 fully saturated rings. The van der Waals surface area contributed by atoms with Gasteiger partial charge in [-0.3, -0.25) is 9.69 Å². The molecule has 0 saturated heterocycles.